The van der Waals surface area contributed by atoms with E-state index in [2.05, 4.69) is 29.2 Å². The molecule has 6 heteroatoms. The summed E-state index contributed by atoms with van der Waals surface area (Å²) in [5.74, 6) is 0.156. The third kappa shape index (κ3) is 4.03. The molecule has 4 nitrogen and oxygen atoms in total. The van der Waals surface area contributed by atoms with Crippen LogP contribution in [0.1, 0.15) is 20.9 Å². The second-order valence-corrected chi connectivity index (χ2v) is 8.82. The van der Waals surface area contributed by atoms with Gasteiger partial charge in [-0.2, -0.15) is 0 Å². The van der Waals surface area contributed by atoms with E-state index in [1.807, 2.05) is 36.3 Å². The summed E-state index contributed by atoms with van der Waals surface area (Å²) in [5.41, 5.74) is 2.96. The lowest BCUT2D eigenvalue weighted by molar-refractivity contribution is 0.0627. The van der Waals surface area contributed by atoms with Gasteiger partial charge in [-0.1, -0.05) is 18.2 Å². The molecule has 1 aliphatic heterocycles. The molecule has 0 radical (unpaired) electrons. The minimum Gasteiger partial charge on any atom is -0.336 e. The summed E-state index contributed by atoms with van der Waals surface area (Å²) in [5, 5.41) is 1.15. The largest absolute Gasteiger partial charge is 0.336 e. The number of rotatable bonds is 4. The van der Waals surface area contributed by atoms with Crippen molar-refractivity contribution in [1.29, 1.82) is 0 Å². The van der Waals surface area contributed by atoms with Crippen LogP contribution in [0.4, 0.5) is 0 Å². The molecule has 0 aliphatic carbocycles. The number of aryl methyl sites for hydroxylation is 1. The zero-order chi connectivity index (χ0) is 18.8. The Hall–Kier alpha value is -1.89. The molecule has 1 saturated heterocycles. The fourth-order valence-corrected chi connectivity index (χ4v) is 4.87. The van der Waals surface area contributed by atoms with Crippen LogP contribution in [0.3, 0.4) is 0 Å². The number of aromatic nitrogens is 1. The molecule has 140 valence electrons. The maximum absolute atomic E-state index is 13.0. The van der Waals surface area contributed by atoms with Gasteiger partial charge in [-0.3, -0.25) is 9.69 Å². The fourth-order valence-electron chi connectivity index (χ4n) is 3.42. The lowest BCUT2D eigenvalue weighted by Crippen LogP contribution is -2.48. The molecule has 1 amide bonds. The zero-order valence-corrected chi connectivity index (χ0v) is 17.3. The summed E-state index contributed by atoms with van der Waals surface area (Å²) in [6, 6.07) is 14.4. The predicted molar refractivity (Wildman–Crippen MR) is 114 cm³/mol. The summed E-state index contributed by atoms with van der Waals surface area (Å²) < 4.78 is 1.24. The van der Waals surface area contributed by atoms with Crippen LogP contribution in [0.2, 0.25) is 0 Å². The third-order valence-corrected chi connectivity index (χ3v) is 6.78. The van der Waals surface area contributed by atoms with Gasteiger partial charge in [0.05, 0.1) is 16.8 Å². The highest BCUT2D eigenvalue weighted by molar-refractivity contribution is 7.98. The number of para-hydroxylation sites is 1. The molecule has 0 atom stereocenters. The standard InChI is InChI=1S/C21H23N3OS2/c1-15-7-8-16(26-2)13-17(15)21(25)24-11-9-23(10-12-24)14-20-22-18-5-3-4-6-19(18)27-20/h3-8,13H,9-12,14H2,1-2H3. The van der Waals surface area contributed by atoms with Crippen molar-refractivity contribution in [3.05, 3.63) is 58.6 Å². The smallest absolute Gasteiger partial charge is 0.254 e. The van der Waals surface area contributed by atoms with Gasteiger partial charge < -0.3 is 4.90 Å². The molecule has 4 rings (SSSR count). The molecule has 2 aromatic carbocycles. The van der Waals surface area contributed by atoms with Crippen LogP contribution < -0.4 is 0 Å². The molecule has 0 spiro atoms. The Balaban J connectivity index is 1.39. The van der Waals surface area contributed by atoms with E-state index in [4.69, 9.17) is 4.98 Å². The van der Waals surface area contributed by atoms with Crippen LogP contribution in [-0.4, -0.2) is 53.1 Å². The van der Waals surface area contributed by atoms with Crippen LogP contribution in [0, 0.1) is 6.92 Å². The summed E-state index contributed by atoms with van der Waals surface area (Å²) in [6.07, 6.45) is 2.04. The number of piperazine rings is 1. The molecule has 1 aliphatic rings. The maximum atomic E-state index is 13.0. The van der Waals surface area contributed by atoms with Crippen LogP contribution in [0.25, 0.3) is 10.2 Å². The Labute approximate surface area is 168 Å². The first kappa shape index (κ1) is 18.5. The van der Waals surface area contributed by atoms with Gasteiger partial charge in [0.25, 0.3) is 5.91 Å². The van der Waals surface area contributed by atoms with Crippen molar-refractivity contribution >= 4 is 39.2 Å². The van der Waals surface area contributed by atoms with Crippen LogP contribution in [-0.2, 0) is 6.54 Å². The summed E-state index contributed by atoms with van der Waals surface area (Å²) in [4.78, 5) is 23.2. The highest BCUT2D eigenvalue weighted by Gasteiger charge is 2.24. The van der Waals surface area contributed by atoms with Crippen LogP contribution >= 0.6 is 23.1 Å². The molecule has 1 fully saturated rings. The highest BCUT2D eigenvalue weighted by atomic mass is 32.2. The van der Waals surface area contributed by atoms with E-state index in [0.29, 0.717) is 0 Å². The number of thiazole rings is 1. The number of hydrogen-bond acceptors (Lipinski definition) is 5. The van der Waals surface area contributed by atoms with Crippen molar-refractivity contribution < 1.29 is 4.79 Å². The number of amides is 1. The van der Waals surface area contributed by atoms with E-state index in [1.165, 1.54) is 4.70 Å². The first-order valence-electron chi connectivity index (χ1n) is 9.15. The number of fused-ring (bicyclic) bond motifs is 1. The van der Waals surface area contributed by atoms with Gasteiger partial charge in [0, 0.05) is 36.6 Å². The normalized spacial score (nSPS) is 15.4. The van der Waals surface area contributed by atoms with Crippen molar-refractivity contribution in [2.75, 3.05) is 32.4 Å². The quantitative estimate of drug-likeness (QED) is 0.616. The first-order chi connectivity index (χ1) is 13.1. The van der Waals surface area contributed by atoms with Gasteiger partial charge in [-0.05, 0) is 43.0 Å². The van der Waals surface area contributed by atoms with Crippen molar-refractivity contribution in [2.24, 2.45) is 0 Å². The summed E-state index contributed by atoms with van der Waals surface area (Å²) in [7, 11) is 0. The molecule has 0 N–H and O–H groups in total. The van der Waals surface area contributed by atoms with E-state index >= 15 is 0 Å². The number of carbonyl (C=O) groups excluding carboxylic acids is 1. The number of hydrogen-bond donors (Lipinski definition) is 0. The zero-order valence-electron chi connectivity index (χ0n) is 15.6. The molecule has 0 bridgehead atoms. The number of benzene rings is 2. The average molecular weight is 398 g/mol. The molecule has 2 heterocycles. The monoisotopic (exact) mass is 397 g/mol. The lowest BCUT2D eigenvalue weighted by Gasteiger charge is -2.34. The van der Waals surface area contributed by atoms with Crippen molar-refractivity contribution in [2.45, 2.75) is 18.4 Å². The minimum atomic E-state index is 0.156. The molecule has 3 aromatic rings. The molecule has 1 aromatic heterocycles. The summed E-state index contributed by atoms with van der Waals surface area (Å²) >= 11 is 3.44. The van der Waals surface area contributed by atoms with Gasteiger partial charge in [-0.15, -0.1) is 23.1 Å². The molecule has 27 heavy (non-hydrogen) atoms. The van der Waals surface area contributed by atoms with E-state index in [-0.39, 0.29) is 5.91 Å². The Morgan fingerprint density at radius 1 is 1.15 bits per heavy atom. The maximum Gasteiger partial charge on any atom is 0.254 e. The van der Waals surface area contributed by atoms with Crippen LogP contribution in [0.15, 0.2) is 47.4 Å². The predicted octanol–water partition coefficient (Wildman–Crippen LogP) is 4.28. The number of carbonyl (C=O) groups is 1. The van der Waals surface area contributed by atoms with Gasteiger partial charge in [0.1, 0.15) is 5.01 Å². The second kappa shape index (κ2) is 8.00. The van der Waals surface area contributed by atoms with E-state index in [9.17, 15) is 4.79 Å². The third-order valence-electron chi connectivity index (χ3n) is 5.03. The first-order valence-corrected chi connectivity index (χ1v) is 11.2. The Morgan fingerprint density at radius 3 is 2.67 bits per heavy atom. The van der Waals surface area contributed by atoms with Crippen LogP contribution in [0.5, 0.6) is 0 Å². The van der Waals surface area contributed by atoms with E-state index in [0.717, 1.165) is 59.3 Å². The Morgan fingerprint density at radius 2 is 1.93 bits per heavy atom. The van der Waals surface area contributed by atoms with Gasteiger partial charge in [0.2, 0.25) is 0 Å². The molecular weight excluding hydrogens is 374 g/mol. The lowest BCUT2D eigenvalue weighted by atomic mass is 10.1. The van der Waals surface area contributed by atoms with E-state index in [1.54, 1.807) is 23.1 Å². The highest BCUT2D eigenvalue weighted by Crippen LogP contribution is 2.24. The minimum absolute atomic E-state index is 0.156. The second-order valence-electron chi connectivity index (χ2n) is 6.82. The topological polar surface area (TPSA) is 36.4 Å². The summed E-state index contributed by atoms with van der Waals surface area (Å²) in [6.45, 7) is 6.20. The Bertz CT molecular complexity index is 928. The Kier molecular flexibility index (Phi) is 5.48. The van der Waals surface area contributed by atoms with Crippen molar-refractivity contribution in [3.63, 3.8) is 0 Å². The fraction of sp³-hybridized carbons (Fsp3) is 0.333. The van der Waals surface area contributed by atoms with Gasteiger partial charge in [-0.25, -0.2) is 4.98 Å². The van der Waals surface area contributed by atoms with E-state index < -0.39 is 0 Å². The van der Waals surface area contributed by atoms with Gasteiger partial charge in [0.15, 0.2) is 0 Å². The number of thioether (sulfide) groups is 1. The van der Waals surface area contributed by atoms with Crippen molar-refractivity contribution in [1.82, 2.24) is 14.8 Å². The molecular formula is C21H23N3OS2. The average Bonchev–Trinajstić information content (AvgIpc) is 3.11. The number of nitrogens with zero attached hydrogens (tertiary/aromatic N) is 3. The molecule has 0 unspecified atom stereocenters. The van der Waals surface area contributed by atoms with Crippen molar-refractivity contribution in [3.8, 4) is 0 Å². The molecule has 0 saturated carbocycles. The SMILES string of the molecule is CSc1ccc(C)c(C(=O)N2CCN(Cc3nc4ccccc4s3)CC2)c1. The van der Waals surface area contributed by atoms with Gasteiger partial charge >= 0.3 is 0 Å².